The summed E-state index contributed by atoms with van der Waals surface area (Å²) in [7, 11) is -1.45. The molecule has 0 spiro atoms. The summed E-state index contributed by atoms with van der Waals surface area (Å²) < 4.78 is 12.4. The lowest BCUT2D eigenvalue weighted by Crippen LogP contribution is -2.22. The molecule has 2 aromatic rings. The van der Waals surface area contributed by atoms with Gasteiger partial charge in [-0.15, -0.1) is 0 Å². The predicted molar refractivity (Wildman–Crippen MR) is 83.1 cm³/mol. The van der Waals surface area contributed by atoms with Gasteiger partial charge in [-0.25, -0.2) is 0 Å². The summed E-state index contributed by atoms with van der Waals surface area (Å²) in [4.78, 5) is 12.9. The Bertz CT molecular complexity index is 613. The fraction of sp³-hybridized carbons (Fsp3) is 0.133. The Labute approximate surface area is 130 Å². The van der Waals surface area contributed by atoms with Crippen molar-refractivity contribution in [2.24, 2.45) is 0 Å². The van der Waals surface area contributed by atoms with E-state index in [0.29, 0.717) is 20.5 Å². The summed E-state index contributed by atoms with van der Waals surface area (Å²) in [5.41, 5.74) is 0.459. The molecule has 2 aromatic carbocycles. The first-order valence-electron chi connectivity index (χ1n) is 5.95. The van der Waals surface area contributed by atoms with Gasteiger partial charge in [-0.1, -0.05) is 41.4 Å². The molecule has 2 nitrogen and oxygen atoms in total. The summed E-state index contributed by atoms with van der Waals surface area (Å²) in [6, 6.07) is 13.4. The van der Waals surface area contributed by atoms with Gasteiger partial charge in [0, 0.05) is 20.5 Å². The zero-order valence-corrected chi connectivity index (χ0v) is 13.0. The highest BCUT2D eigenvalue weighted by molar-refractivity contribution is 7.86. The Kier molecular flexibility index (Phi) is 4.97. The van der Waals surface area contributed by atoms with Crippen molar-refractivity contribution in [3.05, 3.63) is 64.1 Å². The van der Waals surface area contributed by atoms with Gasteiger partial charge in [0.1, 0.15) is 0 Å². The van der Waals surface area contributed by atoms with Gasteiger partial charge in [0.25, 0.3) is 0 Å². The monoisotopic (exact) mass is 326 g/mol. The number of ketones is 1. The molecular weight excluding hydrogens is 315 g/mol. The molecule has 0 aliphatic heterocycles. The average Bonchev–Trinajstić information content (AvgIpc) is 2.45. The van der Waals surface area contributed by atoms with Gasteiger partial charge in [0.2, 0.25) is 0 Å². The first-order valence-corrected chi connectivity index (χ1v) is 7.92. The molecule has 0 bridgehead atoms. The highest BCUT2D eigenvalue weighted by atomic mass is 35.5. The predicted octanol–water partition coefficient (Wildman–Crippen LogP) is 4.37. The second-order valence-electron chi connectivity index (χ2n) is 4.27. The number of carbonyl (C=O) groups is 1. The lowest BCUT2D eigenvalue weighted by molar-refractivity contribution is 0.0992. The average molecular weight is 327 g/mol. The Balaban J connectivity index is 2.25. The zero-order chi connectivity index (χ0) is 14.7. The molecule has 0 aliphatic rings. The van der Waals surface area contributed by atoms with E-state index < -0.39 is 16.0 Å². The molecule has 0 saturated heterocycles. The number of carbonyl (C=O) groups excluding carboxylic acids is 1. The molecule has 2 atom stereocenters. The van der Waals surface area contributed by atoms with E-state index in [0.717, 1.165) is 0 Å². The van der Waals surface area contributed by atoms with Crippen LogP contribution in [0.5, 0.6) is 0 Å². The molecule has 0 amide bonds. The van der Waals surface area contributed by atoms with Crippen molar-refractivity contribution in [1.29, 1.82) is 0 Å². The number of benzene rings is 2. The van der Waals surface area contributed by atoms with Crippen LogP contribution in [-0.4, -0.2) is 15.2 Å². The van der Waals surface area contributed by atoms with E-state index in [9.17, 15) is 9.00 Å². The van der Waals surface area contributed by atoms with Crippen molar-refractivity contribution in [2.75, 3.05) is 0 Å². The summed E-state index contributed by atoms with van der Waals surface area (Å²) in [6.45, 7) is 1.64. The van der Waals surface area contributed by atoms with Crippen LogP contribution in [0.3, 0.4) is 0 Å². The minimum Gasteiger partial charge on any atom is -0.293 e. The molecule has 2 rings (SSSR count). The highest BCUT2D eigenvalue weighted by Crippen LogP contribution is 2.20. The quantitative estimate of drug-likeness (QED) is 0.781. The van der Waals surface area contributed by atoms with Crippen LogP contribution in [-0.2, 0) is 10.8 Å². The second kappa shape index (κ2) is 6.53. The van der Waals surface area contributed by atoms with Crippen molar-refractivity contribution in [2.45, 2.75) is 17.1 Å². The van der Waals surface area contributed by atoms with Crippen molar-refractivity contribution in [3.63, 3.8) is 0 Å². The van der Waals surface area contributed by atoms with E-state index >= 15 is 0 Å². The third-order valence-corrected chi connectivity index (χ3v) is 4.87. The first-order chi connectivity index (χ1) is 9.49. The van der Waals surface area contributed by atoms with Gasteiger partial charge in [0.15, 0.2) is 5.78 Å². The Hall–Kier alpha value is -1.16. The van der Waals surface area contributed by atoms with Crippen molar-refractivity contribution in [3.8, 4) is 0 Å². The molecule has 20 heavy (non-hydrogen) atoms. The number of Topliss-reactive ketones (excluding diaryl/α,β-unsaturated/α-hetero) is 1. The fourth-order valence-electron chi connectivity index (χ4n) is 1.77. The molecule has 0 radical (unpaired) electrons. The molecule has 0 aliphatic carbocycles. The molecule has 5 heteroatoms. The van der Waals surface area contributed by atoms with E-state index in [1.54, 1.807) is 55.5 Å². The smallest absolute Gasteiger partial charge is 0.178 e. The topological polar surface area (TPSA) is 34.1 Å². The second-order valence-corrected chi connectivity index (χ2v) is 6.92. The molecule has 0 aromatic heterocycles. The molecule has 0 saturated carbocycles. The Morgan fingerprint density at radius 2 is 1.65 bits per heavy atom. The van der Waals surface area contributed by atoms with Gasteiger partial charge in [-0.2, -0.15) is 0 Å². The third-order valence-electron chi connectivity index (χ3n) is 2.83. The lowest BCUT2D eigenvalue weighted by atomic mass is 10.1. The molecule has 0 N–H and O–H groups in total. The van der Waals surface area contributed by atoms with Crippen molar-refractivity contribution >= 4 is 39.8 Å². The number of hydrogen-bond donors (Lipinski definition) is 0. The van der Waals surface area contributed by atoms with Gasteiger partial charge < -0.3 is 0 Å². The van der Waals surface area contributed by atoms with E-state index in [1.165, 1.54) is 0 Å². The fourth-order valence-corrected chi connectivity index (χ4v) is 3.41. The summed E-state index contributed by atoms with van der Waals surface area (Å²) in [6.07, 6.45) is 0. The zero-order valence-electron chi connectivity index (χ0n) is 10.7. The highest BCUT2D eigenvalue weighted by Gasteiger charge is 2.23. The van der Waals surface area contributed by atoms with Crippen molar-refractivity contribution < 1.29 is 9.00 Å². The summed E-state index contributed by atoms with van der Waals surface area (Å²) in [5, 5.41) is 0.321. The van der Waals surface area contributed by atoms with Crippen LogP contribution >= 0.6 is 23.2 Å². The van der Waals surface area contributed by atoms with Gasteiger partial charge in [-0.05, 0) is 37.3 Å². The minimum absolute atomic E-state index is 0.203. The normalized spacial score (nSPS) is 13.8. The van der Waals surface area contributed by atoms with Crippen LogP contribution < -0.4 is 0 Å². The van der Waals surface area contributed by atoms with Gasteiger partial charge in [0.05, 0.1) is 16.0 Å². The van der Waals surface area contributed by atoms with Crippen LogP contribution in [0.2, 0.25) is 10.0 Å². The first kappa shape index (κ1) is 15.2. The van der Waals surface area contributed by atoms with Crippen LogP contribution in [0.25, 0.3) is 0 Å². The van der Waals surface area contributed by atoms with Crippen LogP contribution in [0.1, 0.15) is 17.3 Å². The number of halogens is 2. The lowest BCUT2D eigenvalue weighted by Gasteiger charge is -2.11. The molecule has 0 heterocycles. The van der Waals surface area contributed by atoms with Gasteiger partial charge in [-0.3, -0.25) is 9.00 Å². The van der Waals surface area contributed by atoms with Crippen molar-refractivity contribution in [1.82, 2.24) is 0 Å². The maximum atomic E-state index is 12.4. The standard InChI is InChI=1S/C15H12Cl2O2S/c1-10(15(18)11-4-2-5-12(16)8-11)20(19)14-7-3-6-13(17)9-14/h2-10H,1H3. The maximum absolute atomic E-state index is 12.4. The van der Waals surface area contributed by atoms with E-state index in [2.05, 4.69) is 0 Å². The minimum atomic E-state index is -1.45. The van der Waals surface area contributed by atoms with Crippen LogP contribution in [0.15, 0.2) is 53.4 Å². The van der Waals surface area contributed by atoms with E-state index in [4.69, 9.17) is 23.2 Å². The molecule has 2 unspecified atom stereocenters. The van der Waals surface area contributed by atoms with Gasteiger partial charge >= 0.3 is 0 Å². The maximum Gasteiger partial charge on any atom is 0.178 e. The number of rotatable bonds is 4. The third kappa shape index (κ3) is 3.48. The molecular formula is C15H12Cl2O2S. The number of hydrogen-bond acceptors (Lipinski definition) is 2. The summed E-state index contributed by atoms with van der Waals surface area (Å²) in [5.74, 6) is -0.203. The van der Waals surface area contributed by atoms with Crippen LogP contribution in [0.4, 0.5) is 0 Å². The summed E-state index contributed by atoms with van der Waals surface area (Å²) >= 11 is 11.7. The SMILES string of the molecule is CC(C(=O)c1cccc(Cl)c1)S(=O)c1cccc(Cl)c1. The van der Waals surface area contributed by atoms with E-state index in [1.807, 2.05) is 0 Å². The largest absolute Gasteiger partial charge is 0.293 e. The van der Waals surface area contributed by atoms with E-state index in [-0.39, 0.29) is 5.78 Å². The Morgan fingerprint density at radius 1 is 1.05 bits per heavy atom. The molecule has 0 fully saturated rings. The molecule has 104 valence electrons. The Morgan fingerprint density at radius 3 is 2.25 bits per heavy atom. The van der Waals surface area contributed by atoms with Crippen LogP contribution in [0, 0.1) is 0 Å².